The lowest BCUT2D eigenvalue weighted by Gasteiger charge is -2.20. The quantitative estimate of drug-likeness (QED) is 0.379. The van der Waals surface area contributed by atoms with Crippen molar-refractivity contribution in [2.45, 2.75) is 24.3 Å². The first-order chi connectivity index (χ1) is 15.6. The van der Waals surface area contributed by atoms with Crippen LogP contribution in [0.25, 0.3) is 0 Å². The summed E-state index contributed by atoms with van der Waals surface area (Å²) in [5.41, 5.74) is 1.63. The number of rotatable bonds is 8. The zero-order valence-electron chi connectivity index (χ0n) is 17.7. The van der Waals surface area contributed by atoms with E-state index >= 15 is 0 Å². The number of ether oxygens (including phenoxy) is 1. The Hall–Kier alpha value is -2.29. The van der Waals surface area contributed by atoms with Gasteiger partial charge in [0.2, 0.25) is 15.9 Å². The third kappa shape index (κ3) is 6.40. The molecule has 0 aliphatic heterocycles. The number of nitrogens with one attached hydrogen (secondary N) is 2. The molecule has 0 aromatic heterocycles. The molecule has 0 aliphatic carbocycles. The van der Waals surface area contributed by atoms with Gasteiger partial charge in [-0.15, -0.1) is 0 Å². The van der Waals surface area contributed by atoms with Crippen LogP contribution in [-0.4, -0.2) is 27.5 Å². The molecule has 3 rings (SSSR count). The van der Waals surface area contributed by atoms with Gasteiger partial charge < -0.3 is 10.1 Å². The standard InChI is InChI=1S/C23H21Cl3N2O4S/c1-14-10-16(8-9-22(14)32-2)33(30,31)28-21(11-15-6-4-3-5-7-15)23(29)27-20-13-18(25)17(24)12-19(20)26/h3-10,12-13,21,28H,11H2,1-2H3,(H,27,29)/t21-/m1/s1. The molecule has 1 amide bonds. The summed E-state index contributed by atoms with van der Waals surface area (Å²) in [4.78, 5) is 13.2. The van der Waals surface area contributed by atoms with Gasteiger partial charge in [0.1, 0.15) is 11.8 Å². The molecule has 3 aromatic rings. The third-order valence-electron chi connectivity index (χ3n) is 4.84. The van der Waals surface area contributed by atoms with Gasteiger partial charge in [-0.2, -0.15) is 4.72 Å². The fourth-order valence-corrected chi connectivity index (χ4v) is 5.02. The number of carbonyl (C=O) groups is 1. The molecule has 0 spiro atoms. The lowest BCUT2D eigenvalue weighted by atomic mass is 10.1. The minimum Gasteiger partial charge on any atom is -0.496 e. The Morgan fingerprint density at radius 1 is 0.970 bits per heavy atom. The van der Waals surface area contributed by atoms with E-state index in [1.54, 1.807) is 25.1 Å². The SMILES string of the molecule is COc1ccc(S(=O)(=O)N[C@H](Cc2ccccc2)C(=O)Nc2cc(Cl)c(Cl)cc2Cl)cc1C. The molecule has 0 aliphatic rings. The summed E-state index contributed by atoms with van der Waals surface area (Å²) in [6, 6.07) is 15.2. The van der Waals surface area contributed by atoms with Crippen molar-refractivity contribution < 1.29 is 17.9 Å². The number of methoxy groups -OCH3 is 1. The number of sulfonamides is 1. The number of hydrogen-bond acceptors (Lipinski definition) is 4. The molecule has 2 N–H and O–H groups in total. The smallest absolute Gasteiger partial charge is 0.242 e. The minimum absolute atomic E-state index is 0.0132. The number of benzene rings is 3. The Bertz CT molecular complexity index is 1270. The van der Waals surface area contributed by atoms with Crippen molar-refractivity contribution >= 4 is 56.4 Å². The van der Waals surface area contributed by atoms with Crippen LogP contribution in [0.1, 0.15) is 11.1 Å². The average Bonchev–Trinajstić information content (AvgIpc) is 2.77. The minimum atomic E-state index is -4.04. The molecular formula is C23H21Cl3N2O4S. The Labute approximate surface area is 207 Å². The summed E-state index contributed by atoms with van der Waals surface area (Å²) in [6.07, 6.45) is 0.111. The summed E-state index contributed by atoms with van der Waals surface area (Å²) < 4.78 is 33.9. The van der Waals surface area contributed by atoms with E-state index in [0.29, 0.717) is 11.3 Å². The number of halogens is 3. The fraction of sp³-hybridized carbons (Fsp3) is 0.174. The van der Waals surface area contributed by atoms with Gasteiger partial charge in [-0.3, -0.25) is 4.79 Å². The van der Waals surface area contributed by atoms with E-state index in [2.05, 4.69) is 10.0 Å². The van der Waals surface area contributed by atoms with Gasteiger partial charge in [-0.05, 0) is 54.8 Å². The van der Waals surface area contributed by atoms with E-state index in [0.717, 1.165) is 5.56 Å². The molecule has 3 aromatic carbocycles. The first kappa shape index (κ1) is 25.3. The van der Waals surface area contributed by atoms with E-state index in [1.165, 1.54) is 31.4 Å². The van der Waals surface area contributed by atoms with Crippen molar-refractivity contribution in [2.75, 3.05) is 12.4 Å². The lowest BCUT2D eigenvalue weighted by molar-refractivity contribution is -0.117. The van der Waals surface area contributed by atoms with E-state index in [1.807, 2.05) is 18.2 Å². The van der Waals surface area contributed by atoms with Crippen LogP contribution in [0.15, 0.2) is 65.6 Å². The maximum Gasteiger partial charge on any atom is 0.242 e. The molecule has 0 saturated carbocycles. The zero-order valence-corrected chi connectivity index (χ0v) is 20.8. The van der Waals surface area contributed by atoms with Gasteiger partial charge in [-0.25, -0.2) is 8.42 Å². The van der Waals surface area contributed by atoms with Crippen molar-refractivity contribution in [1.82, 2.24) is 4.72 Å². The first-order valence-electron chi connectivity index (χ1n) is 9.77. The highest BCUT2D eigenvalue weighted by Crippen LogP contribution is 2.32. The number of aryl methyl sites for hydroxylation is 1. The Kier molecular flexibility index (Phi) is 8.26. The van der Waals surface area contributed by atoms with Gasteiger partial charge in [0.05, 0.1) is 32.8 Å². The predicted molar refractivity (Wildman–Crippen MR) is 132 cm³/mol. The van der Waals surface area contributed by atoms with E-state index in [-0.39, 0.29) is 32.1 Å². The zero-order chi connectivity index (χ0) is 24.2. The van der Waals surface area contributed by atoms with Crippen molar-refractivity contribution in [1.29, 1.82) is 0 Å². The predicted octanol–water partition coefficient (Wildman–Crippen LogP) is 5.49. The van der Waals surface area contributed by atoms with Crippen LogP contribution in [0.4, 0.5) is 5.69 Å². The first-order valence-corrected chi connectivity index (χ1v) is 12.4. The Morgan fingerprint density at radius 3 is 2.27 bits per heavy atom. The fourth-order valence-electron chi connectivity index (χ4n) is 3.15. The van der Waals surface area contributed by atoms with Crippen molar-refractivity contribution in [3.05, 3.63) is 86.9 Å². The molecular weight excluding hydrogens is 507 g/mol. The summed E-state index contributed by atoms with van der Waals surface area (Å²) >= 11 is 18.2. The molecule has 1 atom stereocenters. The molecule has 6 nitrogen and oxygen atoms in total. The van der Waals surface area contributed by atoms with Gasteiger partial charge >= 0.3 is 0 Å². The maximum atomic E-state index is 13.1. The van der Waals surface area contributed by atoms with Crippen LogP contribution in [-0.2, 0) is 21.2 Å². The number of amides is 1. The highest BCUT2D eigenvalue weighted by molar-refractivity contribution is 7.89. The molecule has 0 bridgehead atoms. The van der Waals surface area contributed by atoms with Crippen LogP contribution in [0.3, 0.4) is 0 Å². The second-order valence-electron chi connectivity index (χ2n) is 7.23. The average molecular weight is 528 g/mol. The summed E-state index contributed by atoms with van der Waals surface area (Å²) in [6.45, 7) is 1.73. The topological polar surface area (TPSA) is 84.5 Å². The van der Waals surface area contributed by atoms with E-state index < -0.39 is 22.0 Å². The van der Waals surface area contributed by atoms with Crippen LogP contribution >= 0.6 is 34.8 Å². The van der Waals surface area contributed by atoms with E-state index in [4.69, 9.17) is 39.5 Å². The van der Waals surface area contributed by atoms with E-state index in [9.17, 15) is 13.2 Å². The van der Waals surface area contributed by atoms with Gasteiger partial charge in [-0.1, -0.05) is 65.1 Å². The summed E-state index contributed by atoms with van der Waals surface area (Å²) in [5.74, 6) is -0.0465. The van der Waals surface area contributed by atoms with Crippen molar-refractivity contribution in [3.63, 3.8) is 0 Å². The molecule has 10 heteroatoms. The largest absolute Gasteiger partial charge is 0.496 e. The second-order valence-corrected chi connectivity index (χ2v) is 10.2. The molecule has 0 radical (unpaired) electrons. The Morgan fingerprint density at radius 2 is 1.64 bits per heavy atom. The normalized spacial score (nSPS) is 12.3. The summed E-state index contributed by atoms with van der Waals surface area (Å²) in [5, 5.41) is 3.24. The second kappa shape index (κ2) is 10.8. The number of hydrogen-bond donors (Lipinski definition) is 2. The molecule has 33 heavy (non-hydrogen) atoms. The van der Waals surface area contributed by atoms with Crippen molar-refractivity contribution in [2.24, 2.45) is 0 Å². The maximum absolute atomic E-state index is 13.1. The highest BCUT2D eigenvalue weighted by atomic mass is 35.5. The third-order valence-corrected chi connectivity index (χ3v) is 7.35. The van der Waals surface area contributed by atoms with Crippen LogP contribution in [0, 0.1) is 6.92 Å². The molecule has 174 valence electrons. The van der Waals surface area contributed by atoms with Gasteiger partial charge in [0, 0.05) is 0 Å². The molecule has 0 fully saturated rings. The Balaban J connectivity index is 1.91. The molecule has 0 unspecified atom stereocenters. The number of carbonyl (C=O) groups excluding carboxylic acids is 1. The van der Waals surface area contributed by atoms with Crippen LogP contribution < -0.4 is 14.8 Å². The van der Waals surface area contributed by atoms with Crippen molar-refractivity contribution in [3.8, 4) is 5.75 Å². The summed E-state index contributed by atoms with van der Waals surface area (Å²) in [7, 11) is -2.53. The lowest BCUT2D eigenvalue weighted by Crippen LogP contribution is -2.45. The number of anilines is 1. The van der Waals surface area contributed by atoms with Crippen LogP contribution in [0.2, 0.25) is 15.1 Å². The molecule has 0 saturated heterocycles. The van der Waals surface area contributed by atoms with Gasteiger partial charge in [0.25, 0.3) is 0 Å². The highest BCUT2D eigenvalue weighted by Gasteiger charge is 2.27. The van der Waals surface area contributed by atoms with Crippen LogP contribution in [0.5, 0.6) is 5.75 Å². The molecule has 0 heterocycles. The monoisotopic (exact) mass is 526 g/mol. The van der Waals surface area contributed by atoms with Gasteiger partial charge in [0.15, 0.2) is 0 Å².